The molecule has 1 atom stereocenters. The van der Waals surface area contributed by atoms with Gasteiger partial charge in [-0.05, 0) is 30.2 Å². The highest BCUT2D eigenvalue weighted by molar-refractivity contribution is 5.85. The Balaban J connectivity index is 1.63. The van der Waals surface area contributed by atoms with Gasteiger partial charge in [0.25, 0.3) is 0 Å². The van der Waals surface area contributed by atoms with E-state index in [0.717, 1.165) is 17.7 Å². The van der Waals surface area contributed by atoms with E-state index in [-0.39, 0.29) is 11.8 Å². The largest absolute Gasteiger partial charge is 0.349 e. The van der Waals surface area contributed by atoms with E-state index in [2.05, 4.69) is 68.4 Å². The smallest absolute Gasteiger partial charge is 0.160 e. The van der Waals surface area contributed by atoms with Crippen LogP contribution in [0.4, 0.5) is 0 Å². The van der Waals surface area contributed by atoms with Crippen molar-refractivity contribution < 1.29 is 9.57 Å². The fourth-order valence-corrected chi connectivity index (χ4v) is 3.39. The fourth-order valence-electron chi connectivity index (χ4n) is 3.39. The lowest BCUT2D eigenvalue weighted by atomic mass is 10.0. The molecule has 0 aliphatic carbocycles. The highest BCUT2D eigenvalue weighted by Crippen LogP contribution is 2.39. The minimum atomic E-state index is -0.252. The number of hydroxylamine groups is 2. The molecule has 1 saturated heterocycles. The summed E-state index contributed by atoms with van der Waals surface area (Å²) >= 11 is 0. The number of rotatable bonds is 4. The number of nitrogens with zero attached hydrogens (tertiary/aromatic N) is 1. The molecule has 3 nitrogen and oxygen atoms in total. The van der Waals surface area contributed by atoms with Crippen LogP contribution in [0.1, 0.15) is 31.2 Å². The number of ether oxygens (including phenoxy) is 1. The van der Waals surface area contributed by atoms with Crippen LogP contribution < -0.4 is 0 Å². The van der Waals surface area contributed by atoms with Crippen molar-refractivity contribution in [3.05, 3.63) is 83.9 Å². The van der Waals surface area contributed by atoms with Crippen molar-refractivity contribution in [2.24, 2.45) is 0 Å². The number of benzene rings is 3. The molecule has 0 amide bonds. The topological polar surface area (TPSA) is 21.7 Å². The van der Waals surface area contributed by atoms with Gasteiger partial charge in [-0.1, -0.05) is 72.8 Å². The molecule has 0 radical (unpaired) electrons. The van der Waals surface area contributed by atoms with Gasteiger partial charge in [0.05, 0.1) is 18.8 Å². The van der Waals surface area contributed by atoms with Crippen LogP contribution in [-0.4, -0.2) is 17.2 Å². The minimum Gasteiger partial charge on any atom is -0.349 e. The monoisotopic (exact) mass is 333 g/mol. The Morgan fingerprint density at radius 2 is 1.68 bits per heavy atom. The molecule has 1 aliphatic heterocycles. The number of hydrogen-bond donors (Lipinski definition) is 0. The summed E-state index contributed by atoms with van der Waals surface area (Å²) in [4.78, 5) is 6.15. The van der Waals surface area contributed by atoms with Crippen molar-refractivity contribution in [2.75, 3.05) is 6.54 Å². The summed E-state index contributed by atoms with van der Waals surface area (Å²) in [5.74, 6) is 0. The molecule has 1 unspecified atom stereocenters. The summed E-state index contributed by atoms with van der Waals surface area (Å²) in [5.41, 5.74) is 2.05. The van der Waals surface area contributed by atoms with Gasteiger partial charge in [-0.15, -0.1) is 0 Å². The summed E-state index contributed by atoms with van der Waals surface area (Å²) in [5, 5.41) is 4.41. The fraction of sp³-hybridized carbons (Fsp3) is 0.273. The molecular weight excluding hydrogens is 310 g/mol. The summed E-state index contributed by atoms with van der Waals surface area (Å²) in [6.07, 6.45) is -0.204. The molecule has 3 aromatic rings. The van der Waals surface area contributed by atoms with Gasteiger partial charge in [0, 0.05) is 5.56 Å². The van der Waals surface area contributed by atoms with Gasteiger partial charge >= 0.3 is 0 Å². The van der Waals surface area contributed by atoms with Crippen molar-refractivity contribution in [2.45, 2.75) is 32.3 Å². The molecule has 0 saturated carbocycles. The Hall–Kier alpha value is -2.20. The standard InChI is InChI=1S/C22H23NO2/c1-22(2)16-23(24-15-17-9-4-3-5-10-17)21(25-22)20-14-8-12-18-11-6-7-13-19(18)20/h3-14,21H,15-16H2,1-2H3. The van der Waals surface area contributed by atoms with Gasteiger partial charge in [-0.2, -0.15) is 5.06 Å². The Morgan fingerprint density at radius 1 is 0.960 bits per heavy atom. The molecule has 0 N–H and O–H groups in total. The van der Waals surface area contributed by atoms with Gasteiger partial charge in [0.1, 0.15) is 0 Å². The highest BCUT2D eigenvalue weighted by Gasteiger charge is 2.40. The first-order chi connectivity index (χ1) is 12.1. The van der Waals surface area contributed by atoms with E-state index < -0.39 is 0 Å². The normalized spacial score (nSPS) is 20.2. The number of hydrogen-bond acceptors (Lipinski definition) is 3. The van der Waals surface area contributed by atoms with Crippen molar-refractivity contribution in [1.29, 1.82) is 0 Å². The summed E-state index contributed by atoms with van der Waals surface area (Å²) in [6.45, 7) is 5.49. The Kier molecular flexibility index (Phi) is 4.30. The Morgan fingerprint density at radius 3 is 2.52 bits per heavy atom. The van der Waals surface area contributed by atoms with E-state index in [1.54, 1.807) is 0 Å². The highest BCUT2D eigenvalue weighted by atomic mass is 16.7. The van der Waals surface area contributed by atoms with Crippen LogP contribution in [0.3, 0.4) is 0 Å². The molecule has 3 aromatic carbocycles. The second kappa shape index (κ2) is 6.60. The first-order valence-corrected chi connectivity index (χ1v) is 8.71. The molecule has 25 heavy (non-hydrogen) atoms. The van der Waals surface area contributed by atoms with E-state index in [0.29, 0.717) is 6.61 Å². The number of fused-ring (bicyclic) bond motifs is 1. The van der Waals surface area contributed by atoms with E-state index in [1.165, 1.54) is 10.8 Å². The molecule has 0 bridgehead atoms. The molecule has 1 heterocycles. The van der Waals surface area contributed by atoms with Gasteiger partial charge in [-0.3, -0.25) is 4.84 Å². The maximum atomic E-state index is 6.34. The zero-order valence-electron chi connectivity index (χ0n) is 14.7. The lowest BCUT2D eigenvalue weighted by Crippen LogP contribution is -2.28. The second-order valence-corrected chi connectivity index (χ2v) is 7.13. The van der Waals surface area contributed by atoms with Crippen LogP contribution in [0.15, 0.2) is 72.8 Å². The zero-order valence-corrected chi connectivity index (χ0v) is 14.7. The van der Waals surface area contributed by atoms with Gasteiger partial charge in [-0.25, -0.2) is 0 Å². The van der Waals surface area contributed by atoms with Gasteiger partial charge < -0.3 is 4.74 Å². The van der Waals surface area contributed by atoms with Crippen LogP contribution in [0.5, 0.6) is 0 Å². The zero-order chi connectivity index (χ0) is 17.3. The molecule has 1 aliphatic rings. The summed E-state index contributed by atoms with van der Waals surface area (Å²) in [7, 11) is 0. The predicted octanol–water partition coefficient (Wildman–Crippen LogP) is 5.08. The first kappa shape index (κ1) is 16.3. The third-order valence-corrected chi connectivity index (χ3v) is 4.56. The van der Waals surface area contributed by atoms with E-state index in [4.69, 9.17) is 9.57 Å². The van der Waals surface area contributed by atoms with E-state index >= 15 is 0 Å². The maximum Gasteiger partial charge on any atom is 0.160 e. The lowest BCUT2D eigenvalue weighted by molar-refractivity contribution is -0.216. The van der Waals surface area contributed by atoms with Crippen molar-refractivity contribution in [1.82, 2.24) is 5.06 Å². The van der Waals surface area contributed by atoms with E-state index in [9.17, 15) is 0 Å². The molecule has 3 heteroatoms. The maximum absolute atomic E-state index is 6.34. The van der Waals surface area contributed by atoms with Gasteiger partial charge in [0.15, 0.2) is 6.23 Å². The summed E-state index contributed by atoms with van der Waals surface area (Å²) in [6, 6.07) is 25.0. The second-order valence-electron chi connectivity index (χ2n) is 7.13. The Labute approximate surface area is 148 Å². The minimum absolute atomic E-state index is 0.204. The predicted molar refractivity (Wildman–Crippen MR) is 99.8 cm³/mol. The van der Waals surface area contributed by atoms with Crippen molar-refractivity contribution >= 4 is 10.8 Å². The molecule has 0 spiro atoms. The average Bonchev–Trinajstić information content (AvgIpc) is 2.95. The van der Waals surface area contributed by atoms with Crippen LogP contribution >= 0.6 is 0 Å². The molecular formula is C22H23NO2. The van der Waals surface area contributed by atoms with Crippen molar-refractivity contribution in [3.8, 4) is 0 Å². The quantitative estimate of drug-likeness (QED) is 0.664. The summed E-state index contributed by atoms with van der Waals surface area (Å²) < 4.78 is 6.34. The molecule has 128 valence electrons. The van der Waals surface area contributed by atoms with E-state index in [1.807, 2.05) is 23.3 Å². The van der Waals surface area contributed by atoms with Crippen molar-refractivity contribution in [3.63, 3.8) is 0 Å². The Bertz CT molecular complexity index is 855. The van der Waals surface area contributed by atoms with Crippen LogP contribution in [0, 0.1) is 0 Å². The molecule has 0 aromatic heterocycles. The van der Waals surface area contributed by atoms with Gasteiger partial charge in [0.2, 0.25) is 0 Å². The van der Waals surface area contributed by atoms with Crippen LogP contribution in [-0.2, 0) is 16.2 Å². The third kappa shape index (κ3) is 3.45. The molecule has 4 rings (SSSR count). The van der Waals surface area contributed by atoms with Crippen LogP contribution in [0.2, 0.25) is 0 Å². The molecule has 1 fully saturated rings. The van der Waals surface area contributed by atoms with Crippen LogP contribution in [0.25, 0.3) is 10.8 Å². The first-order valence-electron chi connectivity index (χ1n) is 8.71. The SMILES string of the molecule is CC1(C)CN(OCc2ccccc2)C(c2cccc3ccccc23)O1. The average molecular weight is 333 g/mol. The lowest BCUT2D eigenvalue weighted by Gasteiger charge is -2.23. The third-order valence-electron chi connectivity index (χ3n) is 4.56.